The van der Waals surface area contributed by atoms with E-state index in [1.54, 1.807) is 13.3 Å². The Balaban J connectivity index is 2.17. The van der Waals surface area contributed by atoms with E-state index in [-0.39, 0.29) is 0 Å². The predicted octanol–water partition coefficient (Wildman–Crippen LogP) is 1.40. The Bertz CT molecular complexity index is 369. The molecule has 2 unspecified atom stereocenters. The zero-order chi connectivity index (χ0) is 12.3. The molecule has 1 aliphatic rings. The zero-order valence-electron chi connectivity index (χ0n) is 10.6. The maximum absolute atomic E-state index is 5.77. The number of piperidine rings is 1. The van der Waals surface area contributed by atoms with E-state index in [4.69, 9.17) is 10.5 Å². The molecule has 0 aromatic carbocycles. The van der Waals surface area contributed by atoms with Crippen molar-refractivity contribution in [3.05, 3.63) is 24.0 Å². The zero-order valence-corrected chi connectivity index (χ0v) is 10.6. The SMILES string of the molecule is COC1CN(c2cnccc2CN)CCC1C. The number of rotatable bonds is 3. The molecule has 1 aromatic rings. The Morgan fingerprint density at radius 3 is 3.12 bits per heavy atom. The molecule has 0 saturated carbocycles. The summed E-state index contributed by atoms with van der Waals surface area (Å²) in [6.45, 7) is 4.79. The van der Waals surface area contributed by atoms with Crippen molar-refractivity contribution in [2.75, 3.05) is 25.1 Å². The molecular formula is C13H21N3O. The smallest absolute Gasteiger partial charge is 0.0772 e. The summed E-state index contributed by atoms with van der Waals surface area (Å²) < 4.78 is 5.54. The molecule has 0 aliphatic carbocycles. The van der Waals surface area contributed by atoms with Crippen molar-refractivity contribution in [3.8, 4) is 0 Å². The summed E-state index contributed by atoms with van der Waals surface area (Å²) in [7, 11) is 1.79. The number of nitrogens with two attached hydrogens (primary N) is 1. The van der Waals surface area contributed by atoms with E-state index in [1.807, 2.05) is 12.3 Å². The Morgan fingerprint density at radius 1 is 1.59 bits per heavy atom. The van der Waals surface area contributed by atoms with Gasteiger partial charge in [0.1, 0.15) is 0 Å². The third-order valence-corrected chi connectivity index (χ3v) is 3.64. The molecule has 0 spiro atoms. The van der Waals surface area contributed by atoms with Crippen molar-refractivity contribution in [1.82, 2.24) is 4.98 Å². The second-order valence-corrected chi connectivity index (χ2v) is 4.69. The van der Waals surface area contributed by atoms with Gasteiger partial charge in [-0.25, -0.2) is 0 Å². The summed E-state index contributed by atoms with van der Waals surface area (Å²) in [6.07, 6.45) is 5.16. The van der Waals surface area contributed by atoms with Gasteiger partial charge in [0.15, 0.2) is 0 Å². The Morgan fingerprint density at radius 2 is 2.41 bits per heavy atom. The van der Waals surface area contributed by atoms with E-state index in [0.29, 0.717) is 18.6 Å². The van der Waals surface area contributed by atoms with Gasteiger partial charge < -0.3 is 15.4 Å². The van der Waals surface area contributed by atoms with Crippen LogP contribution in [0.3, 0.4) is 0 Å². The van der Waals surface area contributed by atoms with Crippen LogP contribution < -0.4 is 10.6 Å². The van der Waals surface area contributed by atoms with Crippen LogP contribution in [0.2, 0.25) is 0 Å². The third-order valence-electron chi connectivity index (χ3n) is 3.64. The van der Waals surface area contributed by atoms with Crippen LogP contribution >= 0.6 is 0 Å². The van der Waals surface area contributed by atoms with Crippen LogP contribution in [0.5, 0.6) is 0 Å². The van der Waals surface area contributed by atoms with E-state index >= 15 is 0 Å². The lowest BCUT2D eigenvalue weighted by molar-refractivity contribution is 0.0498. The van der Waals surface area contributed by atoms with Gasteiger partial charge >= 0.3 is 0 Å². The highest BCUT2D eigenvalue weighted by atomic mass is 16.5. The van der Waals surface area contributed by atoms with Crippen molar-refractivity contribution in [1.29, 1.82) is 0 Å². The van der Waals surface area contributed by atoms with Gasteiger partial charge in [-0.15, -0.1) is 0 Å². The molecule has 1 aromatic heterocycles. The van der Waals surface area contributed by atoms with E-state index in [9.17, 15) is 0 Å². The molecule has 0 radical (unpaired) electrons. The highest BCUT2D eigenvalue weighted by molar-refractivity contribution is 5.52. The minimum absolute atomic E-state index is 0.301. The van der Waals surface area contributed by atoms with Crippen LogP contribution in [-0.2, 0) is 11.3 Å². The fourth-order valence-electron chi connectivity index (χ4n) is 2.43. The topological polar surface area (TPSA) is 51.4 Å². The van der Waals surface area contributed by atoms with Crippen LogP contribution in [0.4, 0.5) is 5.69 Å². The van der Waals surface area contributed by atoms with Crippen molar-refractivity contribution in [2.24, 2.45) is 11.7 Å². The van der Waals surface area contributed by atoms with E-state index in [1.165, 1.54) is 0 Å². The highest BCUT2D eigenvalue weighted by Crippen LogP contribution is 2.26. The molecule has 1 aliphatic heterocycles. The predicted molar refractivity (Wildman–Crippen MR) is 68.9 cm³/mol. The van der Waals surface area contributed by atoms with Crippen LogP contribution in [-0.4, -0.2) is 31.3 Å². The maximum atomic E-state index is 5.77. The van der Waals surface area contributed by atoms with Crippen molar-refractivity contribution < 1.29 is 4.74 Å². The molecule has 2 heterocycles. The quantitative estimate of drug-likeness (QED) is 0.860. The highest BCUT2D eigenvalue weighted by Gasteiger charge is 2.26. The first-order valence-corrected chi connectivity index (χ1v) is 6.17. The molecular weight excluding hydrogens is 214 g/mol. The summed E-state index contributed by atoms with van der Waals surface area (Å²) in [5.41, 5.74) is 8.08. The molecule has 17 heavy (non-hydrogen) atoms. The molecule has 0 bridgehead atoms. The Hall–Kier alpha value is -1.13. The fraction of sp³-hybridized carbons (Fsp3) is 0.615. The average molecular weight is 235 g/mol. The molecule has 2 rings (SSSR count). The number of aromatic nitrogens is 1. The van der Waals surface area contributed by atoms with Gasteiger partial charge in [0, 0.05) is 32.9 Å². The largest absolute Gasteiger partial charge is 0.379 e. The summed E-state index contributed by atoms with van der Waals surface area (Å²) in [4.78, 5) is 6.54. The lowest BCUT2D eigenvalue weighted by atomic mass is 9.95. The molecule has 1 saturated heterocycles. The lowest BCUT2D eigenvalue weighted by Crippen LogP contribution is -2.44. The van der Waals surface area contributed by atoms with Crippen molar-refractivity contribution in [3.63, 3.8) is 0 Å². The van der Waals surface area contributed by atoms with E-state index in [0.717, 1.165) is 30.8 Å². The average Bonchev–Trinajstić information content (AvgIpc) is 2.39. The Kier molecular flexibility index (Phi) is 3.97. The van der Waals surface area contributed by atoms with Gasteiger partial charge in [0.2, 0.25) is 0 Å². The monoisotopic (exact) mass is 235 g/mol. The van der Waals surface area contributed by atoms with Gasteiger partial charge in [0.25, 0.3) is 0 Å². The molecule has 4 heteroatoms. The first-order chi connectivity index (χ1) is 8.26. The summed E-state index contributed by atoms with van der Waals surface area (Å²) in [5, 5.41) is 0. The van der Waals surface area contributed by atoms with Crippen LogP contribution in [0, 0.1) is 5.92 Å². The molecule has 2 atom stereocenters. The van der Waals surface area contributed by atoms with E-state index in [2.05, 4.69) is 16.8 Å². The van der Waals surface area contributed by atoms with Gasteiger partial charge in [-0.2, -0.15) is 0 Å². The number of hydrogen-bond acceptors (Lipinski definition) is 4. The first-order valence-electron chi connectivity index (χ1n) is 6.17. The molecule has 94 valence electrons. The number of ether oxygens (including phenoxy) is 1. The minimum Gasteiger partial charge on any atom is -0.379 e. The van der Waals surface area contributed by atoms with Gasteiger partial charge in [0.05, 0.1) is 18.0 Å². The summed E-state index contributed by atoms with van der Waals surface area (Å²) >= 11 is 0. The number of hydrogen-bond donors (Lipinski definition) is 1. The second kappa shape index (κ2) is 5.47. The number of nitrogens with zero attached hydrogens (tertiary/aromatic N) is 2. The Labute approximate surface area is 103 Å². The van der Waals surface area contributed by atoms with Crippen LogP contribution in [0.15, 0.2) is 18.5 Å². The normalized spacial score (nSPS) is 25.0. The summed E-state index contributed by atoms with van der Waals surface area (Å²) in [5.74, 6) is 0.620. The minimum atomic E-state index is 0.301. The summed E-state index contributed by atoms with van der Waals surface area (Å²) in [6, 6.07) is 2.00. The standard InChI is InChI=1S/C13H21N3O/c1-10-4-6-16(9-13(10)17-2)12-8-15-5-3-11(12)7-14/h3,5,8,10,13H,4,6-7,9,14H2,1-2H3. The number of pyridine rings is 1. The van der Waals surface area contributed by atoms with Crippen LogP contribution in [0.25, 0.3) is 0 Å². The van der Waals surface area contributed by atoms with Gasteiger partial charge in [-0.1, -0.05) is 6.92 Å². The third kappa shape index (κ3) is 2.58. The lowest BCUT2D eigenvalue weighted by Gasteiger charge is -2.38. The number of methoxy groups -OCH3 is 1. The molecule has 0 amide bonds. The van der Waals surface area contributed by atoms with Gasteiger partial charge in [-0.3, -0.25) is 4.98 Å². The van der Waals surface area contributed by atoms with Crippen LogP contribution in [0.1, 0.15) is 18.9 Å². The van der Waals surface area contributed by atoms with E-state index < -0.39 is 0 Å². The second-order valence-electron chi connectivity index (χ2n) is 4.69. The number of anilines is 1. The first kappa shape index (κ1) is 12.3. The molecule has 2 N–H and O–H groups in total. The van der Waals surface area contributed by atoms with Gasteiger partial charge in [-0.05, 0) is 24.0 Å². The molecule has 4 nitrogen and oxygen atoms in total. The van der Waals surface area contributed by atoms with Crippen molar-refractivity contribution in [2.45, 2.75) is 26.0 Å². The fourth-order valence-corrected chi connectivity index (χ4v) is 2.43. The van der Waals surface area contributed by atoms with Crippen molar-refractivity contribution >= 4 is 5.69 Å². The molecule has 1 fully saturated rings. The maximum Gasteiger partial charge on any atom is 0.0772 e.